The van der Waals surface area contributed by atoms with Gasteiger partial charge in [0.25, 0.3) is 5.91 Å². The van der Waals surface area contributed by atoms with E-state index < -0.39 is 17.0 Å². The van der Waals surface area contributed by atoms with Crippen LogP contribution in [0.25, 0.3) is 11.1 Å². The van der Waals surface area contributed by atoms with E-state index in [-0.39, 0.29) is 24.0 Å². The van der Waals surface area contributed by atoms with Crippen LogP contribution >= 0.6 is 0 Å². The number of halogens is 1. The van der Waals surface area contributed by atoms with E-state index in [9.17, 15) is 9.18 Å². The van der Waals surface area contributed by atoms with E-state index in [1.54, 1.807) is 36.4 Å². The van der Waals surface area contributed by atoms with Crippen molar-refractivity contribution in [3.63, 3.8) is 0 Å². The number of oxazole rings is 1. The molecule has 1 aliphatic rings. The molecule has 0 radical (unpaired) electrons. The molecule has 4 aromatic rings. The minimum absolute atomic E-state index is 0.0315. The third kappa shape index (κ3) is 8.46. The second-order valence-electron chi connectivity index (χ2n) is 13.0. The molecule has 46 heavy (non-hydrogen) atoms. The predicted octanol–water partition coefficient (Wildman–Crippen LogP) is 5.45. The van der Waals surface area contributed by atoms with Crippen LogP contribution < -0.4 is 15.8 Å². The summed E-state index contributed by atoms with van der Waals surface area (Å²) in [5.41, 5.74) is 8.05. The lowest BCUT2D eigenvalue weighted by Crippen LogP contribution is -2.49. The number of fused-ring (bicyclic) bond motifs is 1. The fourth-order valence-corrected chi connectivity index (χ4v) is 5.23. The summed E-state index contributed by atoms with van der Waals surface area (Å²) in [6.45, 7) is 10.7. The zero-order valence-corrected chi connectivity index (χ0v) is 26.8. The molecule has 2 aromatic carbocycles. The Balaban J connectivity index is 1.13. The quantitative estimate of drug-likeness (QED) is 0.210. The van der Waals surface area contributed by atoms with Gasteiger partial charge in [-0.15, -0.1) is 0 Å². The van der Waals surface area contributed by atoms with Gasteiger partial charge in [0.15, 0.2) is 5.58 Å². The van der Waals surface area contributed by atoms with Gasteiger partial charge < -0.3 is 24.9 Å². The van der Waals surface area contributed by atoms with Gasteiger partial charge in [0.05, 0.1) is 35.9 Å². The van der Waals surface area contributed by atoms with Crippen molar-refractivity contribution in [3.05, 3.63) is 88.7 Å². The van der Waals surface area contributed by atoms with Gasteiger partial charge in [0.1, 0.15) is 17.9 Å². The Kier molecular flexibility index (Phi) is 10.0. The number of nitrogens with zero attached hydrogens (tertiary/aromatic N) is 4. The van der Waals surface area contributed by atoms with Gasteiger partial charge in [-0.3, -0.25) is 9.69 Å². The minimum atomic E-state index is -0.591. The fourth-order valence-electron chi connectivity index (χ4n) is 5.23. The first-order valence-corrected chi connectivity index (χ1v) is 15.5. The van der Waals surface area contributed by atoms with Crippen molar-refractivity contribution < 1.29 is 23.1 Å². The van der Waals surface area contributed by atoms with E-state index in [2.05, 4.69) is 15.2 Å². The number of carbonyl (C=O) groups excluding carboxylic acids is 1. The highest BCUT2D eigenvalue weighted by Crippen LogP contribution is 2.29. The van der Waals surface area contributed by atoms with Crippen LogP contribution in [-0.2, 0) is 17.9 Å². The molecule has 11 heteroatoms. The van der Waals surface area contributed by atoms with Gasteiger partial charge in [-0.25, -0.2) is 14.4 Å². The van der Waals surface area contributed by atoms with Crippen LogP contribution in [0.1, 0.15) is 79.5 Å². The summed E-state index contributed by atoms with van der Waals surface area (Å²) in [4.78, 5) is 24.7. The molecule has 5 rings (SSSR count). The zero-order valence-electron chi connectivity index (χ0n) is 26.8. The van der Waals surface area contributed by atoms with Gasteiger partial charge in [-0.1, -0.05) is 12.1 Å². The molecule has 3 heterocycles. The normalized spacial score (nSPS) is 14.7. The summed E-state index contributed by atoms with van der Waals surface area (Å²) in [5, 5.41) is 12.0. The highest BCUT2D eigenvalue weighted by molar-refractivity contribution is 5.97. The molecule has 1 aliphatic heterocycles. The number of carbonyl (C=O) groups is 1. The van der Waals surface area contributed by atoms with Gasteiger partial charge in [-0.2, -0.15) is 5.26 Å². The number of piperidine rings is 1. The number of pyridine rings is 1. The molecule has 0 unspecified atom stereocenters. The largest absolute Gasteiger partial charge is 0.473 e. The maximum atomic E-state index is 14.2. The number of nitriles is 1. The third-order valence-corrected chi connectivity index (χ3v) is 8.13. The summed E-state index contributed by atoms with van der Waals surface area (Å²) in [5.74, 6) is 0.627. The molecule has 3 N–H and O–H groups in total. The van der Waals surface area contributed by atoms with Gasteiger partial charge in [0.2, 0.25) is 11.8 Å². The van der Waals surface area contributed by atoms with Crippen LogP contribution in [0.4, 0.5) is 4.39 Å². The lowest BCUT2D eigenvalue weighted by molar-refractivity contribution is -0.0350. The van der Waals surface area contributed by atoms with Gasteiger partial charge in [0, 0.05) is 35.3 Å². The molecule has 0 aliphatic carbocycles. The van der Waals surface area contributed by atoms with Crippen molar-refractivity contribution >= 4 is 17.0 Å². The van der Waals surface area contributed by atoms with Crippen molar-refractivity contribution in [3.8, 4) is 11.9 Å². The molecule has 2 aromatic heterocycles. The van der Waals surface area contributed by atoms with E-state index in [4.69, 9.17) is 29.9 Å². The number of hydrogen-bond donors (Lipinski definition) is 2. The lowest BCUT2D eigenvalue weighted by atomic mass is 9.93. The Hall–Kier alpha value is -4.37. The van der Waals surface area contributed by atoms with E-state index in [1.807, 2.05) is 45.9 Å². The Labute approximate surface area is 268 Å². The Morgan fingerprint density at radius 3 is 2.63 bits per heavy atom. The number of amides is 1. The second-order valence-corrected chi connectivity index (χ2v) is 13.0. The van der Waals surface area contributed by atoms with E-state index in [1.165, 1.54) is 6.07 Å². The summed E-state index contributed by atoms with van der Waals surface area (Å²) in [6.07, 6.45) is 1.82. The standard InChI is InChI=1S/C35H41FN6O4/c1-34(2,22-45-35(3,4)21-38)41-33(43)25-10-11-29-30(17-25)46-32(40-29)19-42-14-12-24(13-15-42)28-6-5-7-31(39-28)44-20-26-9-8-23(18-37)16-27(26)36/h5-11,16-17,24H,12-15,19-22,38H2,1-4H3,(H,41,43). The summed E-state index contributed by atoms with van der Waals surface area (Å²) in [7, 11) is 0. The predicted molar refractivity (Wildman–Crippen MR) is 172 cm³/mol. The van der Waals surface area contributed by atoms with Crippen LogP contribution in [0.5, 0.6) is 5.88 Å². The van der Waals surface area contributed by atoms with Crippen LogP contribution in [0.3, 0.4) is 0 Å². The average Bonchev–Trinajstić information content (AvgIpc) is 3.45. The van der Waals surface area contributed by atoms with Crippen LogP contribution in [0.2, 0.25) is 0 Å². The number of ether oxygens (including phenoxy) is 2. The molecule has 0 bridgehead atoms. The molecule has 1 fully saturated rings. The molecular weight excluding hydrogens is 587 g/mol. The molecule has 0 saturated carbocycles. The molecule has 1 amide bonds. The molecule has 1 saturated heterocycles. The van der Waals surface area contributed by atoms with E-state index >= 15 is 0 Å². The molecule has 0 spiro atoms. The number of aromatic nitrogens is 2. The number of hydrogen-bond acceptors (Lipinski definition) is 9. The average molecular weight is 629 g/mol. The Morgan fingerprint density at radius 1 is 1.13 bits per heavy atom. The van der Waals surface area contributed by atoms with Gasteiger partial charge >= 0.3 is 0 Å². The van der Waals surface area contributed by atoms with Crippen molar-refractivity contribution in [1.82, 2.24) is 20.2 Å². The Morgan fingerprint density at radius 2 is 1.91 bits per heavy atom. The maximum Gasteiger partial charge on any atom is 0.251 e. The lowest BCUT2D eigenvalue weighted by Gasteiger charge is -2.31. The monoisotopic (exact) mass is 628 g/mol. The SMILES string of the molecule is CC(C)(COC(C)(C)CN)NC(=O)c1ccc2nc(CN3CCC(c4cccc(OCc5ccc(C#N)cc5F)n4)CC3)oc2c1. The maximum absolute atomic E-state index is 14.2. The van der Waals surface area contributed by atoms with E-state index in [0.717, 1.165) is 31.6 Å². The number of rotatable bonds is 12. The molecule has 10 nitrogen and oxygen atoms in total. The van der Waals surface area contributed by atoms with Crippen molar-refractivity contribution in [2.75, 3.05) is 26.2 Å². The van der Waals surface area contributed by atoms with Gasteiger partial charge in [-0.05, 0) is 90.0 Å². The third-order valence-electron chi connectivity index (χ3n) is 8.13. The zero-order chi connectivity index (χ0) is 32.9. The number of benzene rings is 2. The van der Waals surface area contributed by atoms with Crippen molar-refractivity contribution in [1.29, 1.82) is 5.26 Å². The molecule has 242 valence electrons. The number of nitrogens with two attached hydrogens (primary N) is 1. The smallest absolute Gasteiger partial charge is 0.251 e. The first-order valence-electron chi connectivity index (χ1n) is 15.5. The first kappa shape index (κ1) is 33.0. The number of likely N-dealkylation sites (tertiary alicyclic amines) is 1. The molecular formula is C35H41FN6O4. The van der Waals surface area contributed by atoms with Crippen molar-refractivity contribution in [2.45, 2.75) is 70.7 Å². The first-order chi connectivity index (χ1) is 21.9. The van der Waals surface area contributed by atoms with E-state index in [0.29, 0.717) is 53.7 Å². The fraction of sp³-hybridized carbons (Fsp3) is 0.429. The highest BCUT2D eigenvalue weighted by atomic mass is 19.1. The van der Waals surface area contributed by atoms with Crippen LogP contribution in [-0.4, -0.2) is 58.2 Å². The number of nitrogens with one attached hydrogen (secondary N) is 1. The molecule has 0 atom stereocenters. The van der Waals surface area contributed by atoms with Crippen LogP contribution in [0.15, 0.2) is 59.0 Å². The highest BCUT2D eigenvalue weighted by Gasteiger charge is 2.27. The summed E-state index contributed by atoms with van der Waals surface area (Å²) in [6, 6.07) is 17.2. The summed E-state index contributed by atoms with van der Waals surface area (Å²) >= 11 is 0. The summed E-state index contributed by atoms with van der Waals surface area (Å²) < 4.78 is 32.0. The topological polar surface area (TPSA) is 140 Å². The van der Waals surface area contributed by atoms with Crippen molar-refractivity contribution in [2.24, 2.45) is 5.73 Å². The van der Waals surface area contributed by atoms with Crippen LogP contribution in [0, 0.1) is 17.1 Å². The Bertz CT molecular complexity index is 1720. The minimum Gasteiger partial charge on any atom is -0.473 e. The second kappa shape index (κ2) is 14.0.